The summed E-state index contributed by atoms with van der Waals surface area (Å²) in [7, 11) is 0. The van der Waals surface area contributed by atoms with Crippen molar-refractivity contribution in [2.75, 3.05) is 18.5 Å². The summed E-state index contributed by atoms with van der Waals surface area (Å²) in [6.45, 7) is 8.76. The first-order valence-electron chi connectivity index (χ1n) is 6.49. The Kier molecular flexibility index (Phi) is 6.86. The number of thioether (sulfide) groups is 1. The molecule has 0 aliphatic rings. The van der Waals surface area contributed by atoms with Crippen LogP contribution < -0.4 is 10.1 Å². The van der Waals surface area contributed by atoms with Gasteiger partial charge in [0.15, 0.2) is 5.16 Å². The van der Waals surface area contributed by atoms with E-state index in [1.807, 2.05) is 27.7 Å². The molecule has 0 bridgehead atoms. The molecule has 108 valence electrons. The van der Waals surface area contributed by atoms with Gasteiger partial charge in [0.25, 0.3) is 0 Å². The van der Waals surface area contributed by atoms with Gasteiger partial charge in [0, 0.05) is 18.4 Å². The van der Waals surface area contributed by atoms with Crippen molar-refractivity contribution < 1.29 is 9.84 Å². The predicted octanol–water partition coefficient (Wildman–Crippen LogP) is 1.95. The highest BCUT2D eigenvalue weighted by molar-refractivity contribution is 7.99. The van der Waals surface area contributed by atoms with E-state index in [-0.39, 0.29) is 18.0 Å². The lowest BCUT2D eigenvalue weighted by Crippen LogP contribution is -2.12. The number of hydrogen-bond acceptors (Lipinski definition) is 7. The smallest absolute Gasteiger partial charge is 0.322 e. The van der Waals surface area contributed by atoms with Gasteiger partial charge in [-0.05, 0) is 27.2 Å². The second kappa shape index (κ2) is 8.16. The normalized spacial score (nSPS) is 12.5. The number of anilines is 1. The first-order valence-corrected chi connectivity index (χ1v) is 7.37. The molecule has 1 heterocycles. The minimum Gasteiger partial charge on any atom is -0.461 e. The van der Waals surface area contributed by atoms with Gasteiger partial charge in [-0.1, -0.05) is 18.7 Å². The molecule has 1 unspecified atom stereocenters. The van der Waals surface area contributed by atoms with Crippen molar-refractivity contribution in [3.05, 3.63) is 0 Å². The molecule has 0 aromatic carbocycles. The third-order valence-electron chi connectivity index (χ3n) is 2.11. The Morgan fingerprint density at radius 3 is 2.58 bits per heavy atom. The summed E-state index contributed by atoms with van der Waals surface area (Å²) >= 11 is 1.51. The highest BCUT2D eigenvalue weighted by Gasteiger charge is 2.12. The lowest BCUT2D eigenvalue weighted by Gasteiger charge is -2.12. The standard InChI is InChI=1S/C12H22N4O2S/c1-5-13-10-14-11(18-8(2)3)16-12(15-10)19-9(4)6-7-17/h8-9,17H,5-7H2,1-4H3,(H,13,14,15,16). The minimum absolute atomic E-state index is 0.0181. The van der Waals surface area contributed by atoms with E-state index in [0.29, 0.717) is 23.5 Å². The summed E-state index contributed by atoms with van der Waals surface area (Å²) in [4.78, 5) is 12.8. The highest BCUT2D eigenvalue weighted by atomic mass is 32.2. The Labute approximate surface area is 118 Å². The van der Waals surface area contributed by atoms with E-state index in [0.717, 1.165) is 6.54 Å². The number of aliphatic hydroxyl groups excluding tert-OH is 1. The molecule has 0 amide bonds. The van der Waals surface area contributed by atoms with E-state index in [9.17, 15) is 0 Å². The lowest BCUT2D eigenvalue weighted by atomic mass is 10.4. The summed E-state index contributed by atoms with van der Waals surface area (Å²) < 4.78 is 5.52. The first-order chi connectivity index (χ1) is 9.05. The van der Waals surface area contributed by atoms with Gasteiger partial charge in [0.05, 0.1) is 6.10 Å². The van der Waals surface area contributed by atoms with Crippen LogP contribution in [-0.2, 0) is 0 Å². The molecule has 0 fully saturated rings. The molecule has 0 radical (unpaired) electrons. The highest BCUT2D eigenvalue weighted by Crippen LogP contribution is 2.24. The molecule has 2 N–H and O–H groups in total. The van der Waals surface area contributed by atoms with E-state index in [1.165, 1.54) is 11.8 Å². The van der Waals surface area contributed by atoms with Gasteiger partial charge in [0.2, 0.25) is 5.95 Å². The molecule has 0 spiro atoms. The van der Waals surface area contributed by atoms with Crippen LogP contribution in [-0.4, -0.2) is 44.6 Å². The number of aliphatic hydroxyl groups is 1. The fourth-order valence-corrected chi connectivity index (χ4v) is 2.17. The molecule has 0 aliphatic heterocycles. The molecule has 1 aromatic heterocycles. The molecule has 0 saturated heterocycles. The van der Waals surface area contributed by atoms with Gasteiger partial charge in [-0.25, -0.2) is 0 Å². The topological polar surface area (TPSA) is 80.2 Å². The van der Waals surface area contributed by atoms with Crippen molar-refractivity contribution in [1.29, 1.82) is 0 Å². The molecule has 19 heavy (non-hydrogen) atoms. The SMILES string of the molecule is CCNc1nc(OC(C)C)nc(SC(C)CCO)n1. The zero-order valence-electron chi connectivity index (χ0n) is 11.9. The minimum atomic E-state index is 0.0181. The maximum absolute atomic E-state index is 8.92. The number of aromatic nitrogens is 3. The average Bonchev–Trinajstić information content (AvgIpc) is 2.28. The second-order valence-corrected chi connectivity index (χ2v) is 5.77. The number of nitrogens with zero attached hydrogens (tertiary/aromatic N) is 3. The van der Waals surface area contributed by atoms with E-state index < -0.39 is 0 Å². The van der Waals surface area contributed by atoms with Crippen LogP contribution in [0.15, 0.2) is 5.16 Å². The first kappa shape index (κ1) is 16.0. The third kappa shape index (κ3) is 6.07. The van der Waals surface area contributed by atoms with Crippen molar-refractivity contribution in [3.63, 3.8) is 0 Å². The molecule has 0 saturated carbocycles. The van der Waals surface area contributed by atoms with Crippen molar-refractivity contribution in [1.82, 2.24) is 15.0 Å². The molecule has 1 atom stereocenters. The van der Waals surface area contributed by atoms with Crippen LogP contribution >= 0.6 is 11.8 Å². The monoisotopic (exact) mass is 286 g/mol. The average molecular weight is 286 g/mol. The van der Waals surface area contributed by atoms with Gasteiger partial charge in [-0.2, -0.15) is 15.0 Å². The lowest BCUT2D eigenvalue weighted by molar-refractivity contribution is 0.219. The van der Waals surface area contributed by atoms with Crippen LogP contribution in [0.3, 0.4) is 0 Å². The molecule has 1 rings (SSSR count). The molecule has 1 aromatic rings. The van der Waals surface area contributed by atoms with Crippen molar-refractivity contribution >= 4 is 17.7 Å². The fourth-order valence-electron chi connectivity index (χ4n) is 1.31. The van der Waals surface area contributed by atoms with E-state index in [4.69, 9.17) is 9.84 Å². The van der Waals surface area contributed by atoms with E-state index in [1.54, 1.807) is 0 Å². The van der Waals surface area contributed by atoms with Gasteiger partial charge in [0.1, 0.15) is 0 Å². The second-order valence-electron chi connectivity index (χ2n) is 4.36. The Balaban J connectivity index is 2.85. The Morgan fingerprint density at radius 2 is 2.00 bits per heavy atom. The largest absolute Gasteiger partial charge is 0.461 e. The maximum atomic E-state index is 8.92. The van der Waals surface area contributed by atoms with Crippen molar-refractivity contribution in [3.8, 4) is 6.01 Å². The van der Waals surface area contributed by atoms with Crippen molar-refractivity contribution in [2.24, 2.45) is 0 Å². The summed E-state index contributed by atoms with van der Waals surface area (Å²) in [6.07, 6.45) is 0.720. The summed E-state index contributed by atoms with van der Waals surface area (Å²) in [5, 5.41) is 12.8. The molecular formula is C12H22N4O2S. The van der Waals surface area contributed by atoms with Crippen LogP contribution in [0, 0.1) is 0 Å². The Morgan fingerprint density at radius 1 is 1.26 bits per heavy atom. The van der Waals surface area contributed by atoms with Gasteiger partial charge in [-0.3, -0.25) is 0 Å². The van der Waals surface area contributed by atoms with Gasteiger partial charge < -0.3 is 15.2 Å². The molecular weight excluding hydrogens is 264 g/mol. The quantitative estimate of drug-likeness (QED) is 0.707. The molecule has 6 nitrogen and oxygen atoms in total. The van der Waals surface area contributed by atoms with E-state index >= 15 is 0 Å². The number of rotatable bonds is 8. The summed E-state index contributed by atoms with van der Waals surface area (Å²) in [5.74, 6) is 0.520. The predicted molar refractivity (Wildman–Crippen MR) is 76.8 cm³/mol. The van der Waals surface area contributed by atoms with Crippen LogP contribution in [0.5, 0.6) is 6.01 Å². The molecule has 0 aliphatic carbocycles. The fraction of sp³-hybridized carbons (Fsp3) is 0.750. The third-order valence-corrected chi connectivity index (χ3v) is 3.14. The van der Waals surface area contributed by atoms with Crippen molar-refractivity contribution in [2.45, 2.75) is 50.6 Å². The van der Waals surface area contributed by atoms with Gasteiger partial charge in [-0.15, -0.1) is 0 Å². The van der Waals surface area contributed by atoms with E-state index in [2.05, 4.69) is 20.3 Å². The number of nitrogens with one attached hydrogen (secondary N) is 1. The Hall–Kier alpha value is -1.08. The van der Waals surface area contributed by atoms with Crippen LogP contribution in [0.1, 0.15) is 34.1 Å². The van der Waals surface area contributed by atoms with Crippen LogP contribution in [0.25, 0.3) is 0 Å². The Bertz CT molecular complexity index is 390. The maximum Gasteiger partial charge on any atom is 0.322 e. The zero-order chi connectivity index (χ0) is 14.3. The van der Waals surface area contributed by atoms with Gasteiger partial charge >= 0.3 is 6.01 Å². The molecule has 7 heteroatoms. The summed E-state index contributed by atoms with van der Waals surface area (Å²) in [6, 6.07) is 0.333. The summed E-state index contributed by atoms with van der Waals surface area (Å²) in [5.41, 5.74) is 0. The number of ether oxygens (including phenoxy) is 1. The number of hydrogen-bond donors (Lipinski definition) is 2. The van der Waals surface area contributed by atoms with Crippen LogP contribution in [0.4, 0.5) is 5.95 Å². The zero-order valence-corrected chi connectivity index (χ0v) is 12.7. The van der Waals surface area contributed by atoms with Crippen LogP contribution in [0.2, 0.25) is 0 Å².